The predicted molar refractivity (Wildman–Crippen MR) is 111 cm³/mol. The predicted octanol–water partition coefficient (Wildman–Crippen LogP) is 0.994. The second-order valence-corrected chi connectivity index (χ2v) is 8.94. The first-order chi connectivity index (χ1) is 13.5. The topological polar surface area (TPSA) is 82.9 Å². The van der Waals surface area contributed by atoms with Gasteiger partial charge in [-0.25, -0.2) is 9.69 Å². The molecule has 1 unspecified atom stereocenters. The third kappa shape index (κ3) is 4.40. The maximum atomic E-state index is 13.2. The summed E-state index contributed by atoms with van der Waals surface area (Å²) in [6, 6.07) is 13.2. The summed E-state index contributed by atoms with van der Waals surface area (Å²) in [7, 11) is 1.79. The number of likely N-dealkylation sites (N-methyl/N-ethyl adjacent to an activating group) is 1. The molecule has 0 aromatic heterocycles. The van der Waals surface area contributed by atoms with Crippen LogP contribution in [0.3, 0.4) is 0 Å². The number of benzene rings is 2. The number of urea groups is 1. The Hall–Kier alpha value is -2.93. The summed E-state index contributed by atoms with van der Waals surface area (Å²) < 4.78 is 0. The lowest BCUT2D eigenvalue weighted by Crippen LogP contribution is -3.12. The Balaban J connectivity index is 1.75. The van der Waals surface area contributed by atoms with Gasteiger partial charge in [0.25, 0.3) is 11.8 Å². The van der Waals surface area contributed by atoms with E-state index in [2.05, 4.69) is 10.6 Å². The molecule has 1 fully saturated rings. The van der Waals surface area contributed by atoms with Crippen LogP contribution in [0.15, 0.2) is 42.5 Å². The van der Waals surface area contributed by atoms with Crippen LogP contribution in [-0.2, 0) is 15.1 Å². The molecule has 0 aliphatic carbocycles. The van der Waals surface area contributed by atoms with Crippen LogP contribution >= 0.6 is 0 Å². The first-order valence-corrected chi connectivity index (χ1v) is 9.75. The standard InChI is InChI=1S/C22H28N4O3/c1-21(2,3)23-18(27)13-25(5)14-26-19(28)22(4,24-20(26)29)17-11-10-15-8-6-7-9-16(15)12-17/h6-12H,13-14H2,1-5H3,(H,23,27)(H,24,29)/p+1/t22-/m1/s1. The van der Waals surface area contributed by atoms with Crippen molar-refractivity contribution in [3.8, 4) is 0 Å². The molecule has 1 aliphatic heterocycles. The molecule has 154 valence electrons. The van der Waals surface area contributed by atoms with Crippen molar-refractivity contribution in [3.63, 3.8) is 0 Å². The molecule has 1 saturated heterocycles. The molecule has 4 amide bonds. The van der Waals surface area contributed by atoms with Gasteiger partial charge in [-0.1, -0.05) is 36.4 Å². The molecule has 2 aromatic rings. The van der Waals surface area contributed by atoms with E-state index >= 15 is 0 Å². The molecule has 2 atom stereocenters. The summed E-state index contributed by atoms with van der Waals surface area (Å²) in [5.74, 6) is -0.437. The highest BCUT2D eigenvalue weighted by Crippen LogP contribution is 2.30. The molecular formula is C22H29N4O3+. The highest BCUT2D eigenvalue weighted by molar-refractivity contribution is 6.07. The molecule has 0 spiro atoms. The zero-order chi connectivity index (χ0) is 21.4. The van der Waals surface area contributed by atoms with Gasteiger partial charge in [0.2, 0.25) is 0 Å². The number of rotatable bonds is 5. The molecule has 7 heteroatoms. The van der Waals surface area contributed by atoms with E-state index in [1.54, 1.807) is 14.0 Å². The second kappa shape index (κ2) is 7.48. The second-order valence-electron chi connectivity index (χ2n) is 8.94. The third-order valence-corrected chi connectivity index (χ3v) is 5.01. The molecule has 29 heavy (non-hydrogen) atoms. The van der Waals surface area contributed by atoms with Crippen molar-refractivity contribution < 1.29 is 19.3 Å². The molecule has 0 radical (unpaired) electrons. The maximum Gasteiger partial charge on any atom is 0.329 e. The van der Waals surface area contributed by atoms with Crippen molar-refractivity contribution in [1.29, 1.82) is 0 Å². The Kier molecular flexibility index (Phi) is 5.36. The zero-order valence-electron chi connectivity index (χ0n) is 17.6. The molecular weight excluding hydrogens is 368 g/mol. The Morgan fingerprint density at radius 3 is 2.45 bits per heavy atom. The van der Waals surface area contributed by atoms with Crippen molar-refractivity contribution in [2.75, 3.05) is 20.3 Å². The van der Waals surface area contributed by atoms with Crippen molar-refractivity contribution in [2.45, 2.75) is 38.8 Å². The number of hydrogen-bond acceptors (Lipinski definition) is 3. The van der Waals surface area contributed by atoms with E-state index in [0.717, 1.165) is 21.2 Å². The SMILES string of the molecule is C[NH+](CC(=O)NC(C)(C)C)CN1C(=O)N[C@](C)(c2ccc3ccccc3c2)C1=O. The fourth-order valence-corrected chi connectivity index (χ4v) is 3.60. The van der Waals surface area contributed by atoms with Crippen LogP contribution < -0.4 is 15.5 Å². The minimum absolute atomic E-state index is 0.116. The first kappa shape index (κ1) is 20.8. The molecule has 1 heterocycles. The number of quaternary nitrogens is 1. The van der Waals surface area contributed by atoms with E-state index in [9.17, 15) is 14.4 Å². The van der Waals surface area contributed by atoms with Crippen LogP contribution in [0.25, 0.3) is 10.8 Å². The summed E-state index contributed by atoms with van der Waals surface area (Å²) in [5.41, 5.74) is -0.720. The molecule has 7 nitrogen and oxygen atoms in total. The Morgan fingerprint density at radius 1 is 1.14 bits per heavy atom. The van der Waals surface area contributed by atoms with Crippen molar-refractivity contribution >= 4 is 28.6 Å². The van der Waals surface area contributed by atoms with Gasteiger partial charge in [-0.15, -0.1) is 0 Å². The molecule has 0 saturated carbocycles. The molecule has 3 N–H and O–H groups in total. The van der Waals surface area contributed by atoms with Crippen molar-refractivity contribution in [1.82, 2.24) is 15.5 Å². The lowest BCUT2D eigenvalue weighted by atomic mass is 9.90. The molecule has 2 aromatic carbocycles. The van der Waals surface area contributed by atoms with E-state index in [4.69, 9.17) is 0 Å². The fraction of sp³-hybridized carbons (Fsp3) is 0.409. The van der Waals surface area contributed by atoms with Crippen LogP contribution in [0, 0.1) is 0 Å². The molecule has 1 aliphatic rings. The minimum Gasteiger partial charge on any atom is -0.347 e. The van der Waals surface area contributed by atoms with Gasteiger partial charge in [-0.2, -0.15) is 0 Å². The highest BCUT2D eigenvalue weighted by Gasteiger charge is 2.50. The van der Waals surface area contributed by atoms with Gasteiger partial charge in [0, 0.05) is 5.54 Å². The summed E-state index contributed by atoms with van der Waals surface area (Å²) >= 11 is 0. The number of nitrogens with zero attached hydrogens (tertiary/aromatic N) is 1. The largest absolute Gasteiger partial charge is 0.347 e. The lowest BCUT2D eigenvalue weighted by Gasteiger charge is -2.24. The Labute approximate surface area is 171 Å². The average molecular weight is 397 g/mol. The average Bonchev–Trinajstić information content (AvgIpc) is 2.83. The monoisotopic (exact) mass is 397 g/mol. The van der Waals surface area contributed by atoms with Gasteiger partial charge >= 0.3 is 6.03 Å². The normalized spacial score (nSPS) is 20.7. The van der Waals surface area contributed by atoms with Crippen molar-refractivity contribution in [3.05, 3.63) is 48.0 Å². The van der Waals surface area contributed by atoms with Crippen LogP contribution in [-0.4, -0.2) is 48.5 Å². The number of carbonyl (C=O) groups is 3. The van der Waals surface area contributed by atoms with Crippen LogP contribution in [0.4, 0.5) is 4.79 Å². The quantitative estimate of drug-likeness (QED) is 0.658. The van der Waals surface area contributed by atoms with E-state index in [1.807, 2.05) is 63.2 Å². The summed E-state index contributed by atoms with van der Waals surface area (Å²) in [6.45, 7) is 7.73. The highest BCUT2D eigenvalue weighted by atomic mass is 16.2. The number of fused-ring (bicyclic) bond motifs is 1. The smallest absolute Gasteiger partial charge is 0.329 e. The number of hydrogen-bond donors (Lipinski definition) is 3. The third-order valence-electron chi connectivity index (χ3n) is 5.01. The Morgan fingerprint density at radius 2 is 1.79 bits per heavy atom. The van der Waals surface area contributed by atoms with E-state index in [1.165, 1.54) is 4.90 Å². The van der Waals surface area contributed by atoms with E-state index in [0.29, 0.717) is 0 Å². The van der Waals surface area contributed by atoms with E-state index < -0.39 is 11.6 Å². The van der Waals surface area contributed by atoms with Gasteiger partial charge in [0.05, 0.1) is 7.05 Å². The van der Waals surface area contributed by atoms with Gasteiger partial charge in [0.15, 0.2) is 13.2 Å². The summed E-state index contributed by atoms with van der Waals surface area (Å²) in [5, 5.41) is 7.80. The molecule has 0 bridgehead atoms. The Bertz CT molecular complexity index is 966. The van der Waals surface area contributed by atoms with E-state index in [-0.39, 0.29) is 30.6 Å². The van der Waals surface area contributed by atoms with Crippen molar-refractivity contribution in [2.24, 2.45) is 0 Å². The molecule has 3 rings (SSSR count). The van der Waals surface area contributed by atoms with Crippen LogP contribution in [0.2, 0.25) is 0 Å². The number of imide groups is 1. The summed E-state index contributed by atoms with van der Waals surface area (Å²) in [4.78, 5) is 39.8. The summed E-state index contributed by atoms with van der Waals surface area (Å²) in [6.07, 6.45) is 0. The van der Waals surface area contributed by atoms with Gasteiger partial charge in [-0.05, 0) is 50.1 Å². The number of nitrogens with one attached hydrogen (secondary N) is 3. The fourth-order valence-electron chi connectivity index (χ4n) is 3.60. The zero-order valence-corrected chi connectivity index (χ0v) is 17.6. The first-order valence-electron chi connectivity index (χ1n) is 9.75. The van der Waals surface area contributed by atoms with Crippen LogP contribution in [0.5, 0.6) is 0 Å². The van der Waals surface area contributed by atoms with Crippen LogP contribution in [0.1, 0.15) is 33.3 Å². The van der Waals surface area contributed by atoms with Gasteiger partial charge in [-0.3, -0.25) is 9.59 Å². The maximum absolute atomic E-state index is 13.2. The minimum atomic E-state index is -1.13. The van der Waals surface area contributed by atoms with Gasteiger partial charge < -0.3 is 15.5 Å². The lowest BCUT2D eigenvalue weighted by molar-refractivity contribution is -0.879. The van der Waals surface area contributed by atoms with Gasteiger partial charge in [0.1, 0.15) is 5.54 Å². The number of carbonyl (C=O) groups excluding carboxylic acids is 3. The number of amides is 4.